The van der Waals surface area contributed by atoms with Gasteiger partial charge in [-0.05, 0) is 32.0 Å². The number of aromatic nitrogens is 2. The molecule has 0 bridgehead atoms. The molecule has 0 radical (unpaired) electrons. The number of nitrogens with one attached hydrogen (secondary N) is 1. The Kier molecular flexibility index (Phi) is 4.01. The highest BCUT2D eigenvalue weighted by atomic mass is 19.4. The number of alkyl halides is 3. The largest absolute Gasteiger partial charge is 0.417 e. The van der Waals surface area contributed by atoms with Gasteiger partial charge in [-0.2, -0.15) is 13.2 Å². The lowest BCUT2D eigenvalue weighted by Crippen LogP contribution is -2.35. The summed E-state index contributed by atoms with van der Waals surface area (Å²) in [6.07, 6.45) is -2.70. The molecule has 0 unspecified atom stereocenters. The van der Waals surface area contributed by atoms with E-state index >= 15 is 0 Å². The van der Waals surface area contributed by atoms with Crippen molar-refractivity contribution >= 4 is 11.6 Å². The zero-order valence-electron chi connectivity index (χ0n) is 12.7. The Hall–Kier alpha value is -2.09. The maximum Gasteiger partial charge on any atom is 0.417 e. The van der Waals surface area contributed by atoms with E-state index in [0.29, 0.717) is 31.0 Å². The molecule has 0 aliphatic carbocycles. The highest BCUT2D eigenvalue weighted by Crippen LogP contribution is 2.30. The van der Waals surface area contributed by atoms with E-state index in [2.05, 4.69) is 10.3 Å². The normalized spacial score (nSPS) is 16.6. The molecule has 1 N–H and O–H groups in total. The molecule has 124 valence electrons. The summed E-state index contributed by atoms with van der Waals surface area (Å²) in [6.45, 7) is 4.26. The lowest BCUT2D eigenvalue weighted by Gasteiger charge is -2.20. The zero-order valence-corrected chi connectivity index (χ0v) is 12.7. The van der Waals surface area contributed by atoms with Crippen LogP contribution < -0.4 is 5.32 Å². The lowest BCUT2D eigenvalue weighted by molar-refractivity contribution is -0.137. The molecule has 3 heterocycles. The molecule has 8 heteroatoms. The van der Waals surface area contributed by atoms with Crippen LogP contribution in [-0.2, 0) is 6.18 Å². The topological polar surface area (TPSA) is 49.6 Å². The second-order valence-electron chi connectivity index (χ2n) is 5.59. The lowest BCUT2D eigenvalue weighted by atomic mass is 10.2. The smallest absolute Gasteiger partial charge is 0.336 e. The molecule has 1 amide bonds. The molecule has 0 saturated carbocycles. The number of imidazole rings is 1. The number of aryl methyl sites for hydroxylation is 1. The van der Waals surface area contributed by atoms with Gasteiger partial charge in [0.25, 0.3) is 5.91 Å². The molecule has 0 atom stereocenters. The van der Waals surface area contributed by atoms with E-state index in [0.717, 1.165) is 25.2 Å². The molecular weight excluding hydrogens is 309 g/mol. The summed E-state index contributed by atoms with van der Waals surface area (Å²) in [7, 11) is 0. The second-order valence-corrected chi connectivity index (χ2v) is 5.59. The van der Waals surface area contributed by atoms with Crippen molar-refractivity contribution in [2.24, 2.45) is 0 Å². The van der Waals surface area contributed by atoms with Crippen LogP contribution in [0.3, 0.4) is 0 Å². The van der Waals surface area contributed by atoms with Gasteiger partial charge in [0.1, 0.15) is 11.3 Å². The van der Waals surface area contributed by atoms with Crippen LogP contribution in [0.25, 0.3) is 5.65 Å². The number of amides is 1. The van der Waals surface area contributed by atoms with E-state index in [1.807, 2.05) is 0 Å². The Morgan fingerprint density at radius 3 is 2.78 bits per heavy atom. The number of nitrogens with zero attached hydrogens (tertiary/aromatic N) is 3. The summed E-state index contributed by atoms with van der Waals surface area (Å²) < 4.78 is 40.0. The molecule has 0 spiro atoms. The molecule has 3 rings (SSSR count). The number of hydrogen-bond donors (Lipinski definition) is 1. The van der Waals surface area contributed by atoms with Gasteiger partial charge in [-0.15, -0.1) is 0 Å². The van der Waals surface area contributed by atoms with Crippen molar-refractivity contribution in [1.82, 2.24) is 19.6 Å². The van der Waals surface area contributed by atoms with E-state index < -0.39 is 11.7 Å². The third-order valence-corrected chi connectivity index (χ3v) is 3.95. The molecule has 23 heavy (non-hydrogen) atoms. The quantitative estimate of drug-likeness (QED) is 0.873. The minimum Gasteiger partial charge on any atom is -0.336 e. The van der Waals surface area contributed by atoms with Crippen LogP contribution in [0.2, 0.25) is 0 Å². The predicted molar refractivity (Wildman–Crippen MR) is 78.3 cm³/mol. The van der Waals surface area contributed by atoms with E-state index in [1.54, 1.807) is 11.8 Å². The van der Waals surface area contributed by atoms with Crippen molar-refractivity contribution in [3.8, 4) is 0 Å². The average Bonchev–Trinajstić information content (AvgIpc) is 2.65. The number of rotatable bonds is 1. The van der Waals surface area contributed by atoms with Crippen molar-refractivity contribution in [3.63, 3.8) is 0 Å². The first-order valence-electron chi connectivity index (χ1n) is 7.44. The van der Waals surface area contributed by atoms with Crippen molar-refractivity contribution < 1.29 is 18.0 Å². The average molecular weight is 326 g/mol. The minimum atomic E-state index is -4.46. The molecule has 1 aliphatic rings. The molecule has 1 saturated heterocycles. The first kappa shape index (κ1) is 15.8. The zero-order chi connectivity index (χ0) is 16.6. The molecule has 2 aromatic rings. The molecule has 2 aromatic heterocycles. The van der Waals surface area contributed by atoms with Gasteiger partial charge >= 0.3 is 6.18 Å². The molecule has 1 aliphatic heterocycles. The van der Waals surface area contributed by atoms with Crippen molar-refractivity contribution in [2.45, 2.75) is 19.5 Å². The van der Waals surface area contributed by atoms with Crippen LogP contribution in [-0.4, -0.2) is 46.4 Å². The van der Waals surface area contributed by atoms with Gasteiger partial charge in [-0.1, -0.05) is 0 Å². The first-order valence-corrected chi connectivity index (χ1v) is 7.44. The van der Waals surface area contributed by atoms with E-state index in [9.17, 15) is 18.0 Å². The number of halogens is 3. The maximum atomic E-state index is 12.9. The Morgan fingerprint density at radius 1 is 1.26 bits per heavy atom. The summed E-state index contributed by atoms with van der Waals surface area (Å²) in [5, 5.41) is 3.19. The van der Waals surface area contributed by atoms with Gasteiger partial charge in [0.15, 0.2) is 0 Å². The summed E-state index contributed by atoms with van der Waals surface area (Å²) in [6, 6.07) is 2.27. The SMILES string of the molecule is Cc1nc2ccc(C(F)(F)F)cn2c1C(=O)N1CCCNCC1. The van der Waals surface area contributed by atoms with Crippen LogP contribution in [0.5, 0.6) is 0 Å². The molecule has 5 nitrogen and oxygen atoms in total. The number of carbonyl (C=O) groups is 1. The van der Waals surface area contributed by atoms with Gasteiger partial charge in [0.05, 0.1) is 11.3 Å². The van der Waals surface area contributed by atoms with Crippen LogP contribution >= 0.6 is 0 Å². The van der Waals surface area contributed by atoms with Crippen LogP contribution in [0, 0.1) is 6.92 Å². The Labute approximate surface area is 131 Å². The third-order valence-electron chi connectivity index (χ3n) is 3.95. The summed E-state index contributed by atoms with van der Waals surface area (Å²) in [4.78, 5) is 18.6. The predicted octanol–water partition coefficient (Wildman–Crippen LogP) is 2.10. The second kappa shape index (κ2) is 5.84. The minimum absolute atomic E-state index is 0.202. The van der Waals surface area contributed by atoms with Crippen LogP contribution in [0.15, 0.2) is 18.3 Å². The van der Waals surface area contributed by atoms with Gasteiger partial charge < -0.3 is 10.2 Å². The fourth-order valence-corrected chi connectivity index (χ4v) is 2.79. The standard InChI is InChI=1S/C15H17F3N4O/c1-10-13(14(23)21-7-2-5-19-6-8-21)22-9-11(15(16,17)18)3-4-12(22)20-10/h3-4,9,19H,2,5-8H2,1H3. The first-order chi connectivity index (χ1) is 10.9. The molecule has 1 fully saturated rings. The van der Waals surface area contributed by atoms with E-state index in [-0.39, 0.29) is 11.6 Å². The number of carbonyl (C=O) groups excluding carboxylic acids is 1. The summed E-state index contributed by atoms with van der Waals surface area (Å²) in [5.74, 6) is -0.280. The van der Waals surface area contributed by atoms with Gasteiger partial charge in [-0.3, -0.25) is 9.20 Å². The fourth-order valence-electron chi connectivity index (χ4n) is 2.79. The van der Waals surface area contributed by atoms with Gasteiger partial charge in [0.2, 0.25) is 0 Å². The van der Waals surface area contributed by atoms with Crippen LogP contribution in [0.4, 0.5) is 13.2 Å². The maximum absolute atomic E-state index is 12.9. The van der Waals surface area contributed by atoms with Crippen molar-refractivity contribution in [2.75, 3.05) is 26.2 Å². The number of pyridine rings is 1. The molecular formula is C15H17F3N4O. The van der Waals surface area contributed by atoms with Crippen LogP contribution in [0.1, 0.15) is 28.2 Å². The van der Waals surface area contributed by atoms with E-state index in [4.69, 9.17) is 0 Å². The highest BCUT2D eigenvalue weighted by molar-refractivity contribution is 5.94. The monoisotopic (exact) mass is 326 g/mol. The molecule has 0 aromatic carbocycles. The fraction of sp³-hybridized carbons (Fsp3) is 0.467. The van der Waals surface area contributed by atoms with Gasteiger partial charge in [0, 0.05) is 25.8 Å². The van der Waals surface area contributed by atoms with Crippen molar-refractivity contribution in [1.29, 1.82) is 0 Å². The number of fused-ring (bicyclic) bond motifs is 1. The number of hydrogen-bond acceptors (Lipinski definition) is 3. The highest BCUT2D eigenvalue weighted by Gasteiger charge is 2.32. The Morgan fingerprint density at radius 2 is 2.04 bits per heavy atom. The van der Waals surface area contributed by atoms with Crippen molar-refractivity contribution in [3.05, 3.63) is 35.3 Å². The Balaban J connectivity index is 2.05. The third kappa shape index (κ3) is 3.03. The van der Waals surface area contributed by atoms with Gasteiger partial charge in [-0.25, -0.2) is 4.98 Å². The summed E-state index contributed by atoms with van der Waals surface area (Å²) >= 11 is 0. The Bertz CT molecular complexity index is 730. The van der Waals surface area contributed by atoms with E-state index in [1.165, 1.54) is 10.5 Å². The summed E-state index contributed by atoms with van der Waals surface area (Å²) in [5.41, 5.74) is 0.181.